The van der Waals surface area contributed by atoms with Crippen molar-refractivity contribution >= 4 is 17.7 Å². The van der Waals surface area contributed by atoms with E-state index in [1.165, 1.54) is 25.7 Å². The summed E-state index contributed by atoms with van der Waals surface area (Å²) in [6.07, 6.45) is 8.11. The van der Waals surface area contributed by atoms with E-state index in [0.717, 1.165) is 25.0 Å². The van der Waals surface area contributed by atoms with Crippen molar-refractivity contribution in [1.82, 2.24) is 0 Å². The van der Waals surface area contributed by atoms with E-state index in [2.05, 4.69) is 6.92 Å². The lowest BCUT2D eigenvalue weighted by Gasteiger charge is -2.52. The standard InChI is InChI=1S/C12H20O2S/c1-2-7-15-12(10(13)14)8-11(9-12)5-3-4-6-11/h2-9H2,1H3,(H,13,14). The Hall–Kier alpha value is -0.180. The number of carboxylic acids is 1. The third-order valence-corrected chi connectivity index (χ3v) is 5.59. The lowest BCUT2D eigenvalue weighted by Crippen LogP contribution is -2.53. The molecule has 0 saturated heterocycles. The summed E-state index contributed by atoms with van der Waals surface area (Å²) in [5.74, 6) is 0.418. The second kappa shape index (κ2) is 4.00. The lowest BCUT2D eigenvalue weighted by atomic mass is 9.60. The van der Waals surface area contributed by atoms with Crippen LogP contribution in [-0.2, 0) is 4.79 Å². The molecular weight excluding hydrogens is 208 g/mol. The molecule has 0 aromatic heterocycles. The highest BCUT2D eigenvalue weighted by Gasteiger charge is 2.59. The maximum absolute atomic E-state index is 11.3. The van der Waals surface area contributed by atoms with E-state index < -0.39 is 10.7 Å². The molecule has 0 unspecified atom stereocenters. The second-order valence-electron chi connectivity index (χ2n) is 5.21. The van der Waals surface area contributed by atoms with Gasteiger partial charge >= 0.3 is 5.97 Å². The fraction of sp³-hybridized carbons (Fsp3) is 0.917. The Morgan fingerprint density at radius 2 is 1.93 bits per heavy atom. The van der Waals surface area contributed by atoms with E-state index in [-0.39, 0.29) is 0 Å². The number of rotatable bonds is 4. The minimum atomic E-state index is -0.571. The highest BCUT2D eigenvalue weighted by Crippen LogP contribution is 2.62. The number of aliphatic carboxylic acids is 1. The van der Waals surface area contributed by atoms with E-state index in [1.54, 1.807) is 11.8 Å². The molecule has 1 N–H and O–H groups in total. The zero-order chi connectivity index (χ0) is 10.9. The van der Waals surface area contributed by atoms with Gasteiger partial charge in [0.1, 0.15) is 4.75 Å². The monoisotopic (exact) mass is 228 g/mol. The Bertz CT molecular complexity index is 248. The number of carbonyl (C=O) groups is 1. The summed E-state index contributed by atoms with van der Waals surface area (Å²) in [6.45, 7) is 2.12. The first-order valence-corrected chi connectivity index (χ1v) is 6.98. The zero-order valence-electron chi connectivity index (χ0n) is 9.42. The van der Waals surface area contributed by atoms with Gasteiger partial charge in [-0.1, -0.05) is 19.8 Å². The van der Waals surface area contributed by atoms with Crippen LogP contribution in [0.1, 0.15) is 51.9 Å². The van der Waals surface area contributed by atoms with Gasteiger partial charge in [0.25, 0.3) is 0 Å². The van der Waals surface area contributed by atoms with E-state index in [0.29, 0.717) is 5.41 Å². The molecule has 0 radical (unpaired) electrons. The van der Waals surface area contributed by atoms with Gasteiger partial charge < -0.3 is 5.11 Å². The molecule has 0 atom stereocenters. The van der Waals surface area contributed by atoms with Gasteiger partial charge in [-0.3, -0.25) is 4.79 Å². The largest absolute Gasteiger partial charge is 0.480 e. The van der Waals surface area contributed by atoms with Crippen molar-refractivity contribution in [2.45, 2.75) is 56.6 Å². The topological polar surface area (TPSA) is 37.3 Å². The summed E-state index contributed by atoms with van der Waals surface area (Å²) >= 11 is 1.68. The molecule has 2 rings (SSSR count). The minimum Gasteiger partial charge on any atom is -0.480 e. The average molecular weight is 228 g/mol. The molecule has 0 aromatic rings. The first kappa shape index (κ1) is 11.3. The number of thioether (sulfide) groups is 1. The van der Waals surface area contributed by atoms with Crippen LogP contribution in [0, 0.1) is 5.41 Å². The van der Waals surface area contributed by atoms with Crippen LogP contribution in [0.25, 0.3) is 0 Å². The Labute approximate surface area is 95.8 Å². The van der Waals surface area contributed by atoms with Crippen molar-refractivity contribution < 1.29 is 9.90 Å². The molecule has 2 aliphatic carbocycles. The highest BCUT2D eigenvalue weighted by atomic mass is 32.2. The average Bonchev–Trinajstić information content (AvgIpc) is 2.60. The molecule has 3 heteroatoms. The van der Waals surface area contributed by atoms with Gasteiger partial charge in [-0.15, -0.1) is 11.8 Å². The van der Waals surface area contributed by atoms with Crippen LogP contribution < -0.4 is 0 Å². The maximum Gasteiger partial charge on any atom is 0.319 e. The zero-order valence-corrected chi connectivity index (χ0v) is 10.2. The first-order valence-electron chi connectivity index (χ1n) is 6.00. The SMILES string of the molecule is CCCSC1(C(=O)O)CC2(CCCC2)C1. The summed E-state index contributed by atoms with van der Waals surface area (Å²) in [5.41, 5.74) is 0.430. The minimum absolute atomic E-state index is 0.416. The predicted molar refractivity (Wildman–Crippen MR) is 63.3 cm³/mol. The molecule has 0 aliphatic heterocycles. The summed E-state index contributed by atoms with van der Waals surface area (Å²) in [6, 6.07) is 0. The van der Waals surface area contributed by atoms with Gasteiger partial charge in [0.2, 0.25) is 0 Å². The summed E-state index contributed by atoms with van der Waals surface area (Å²) in [7, 11) is 0. The van der Waals surface area contributed by atoms with Gasteiger partial charge in [0.15, 0.2) is 0 Å². The van der Waals surface area contributed by atoms with Crippen molar-refractivity contribution in [3.8, 4) is 0 Å². The fourth-order valence-corrected chi connectivity index (χ4v) is 4.79. The normalized spacial score (nSPS) is 26.5. The van der Waals surface area contributed by atoms with Crippen LogP contribution in [0.3, 0.4) is 0 Å². The second-order valence-corrected chi connectivity index (χ2v) is 6.69. The molecule has 2 fully saturated rings. The molecule has 0 heterocycles. The van der Waals surface area contributed by atoms with Crippen molar-refractivity contribution in [2.75, 3.05) is 5.75 Å². The van der Waals surface area contributed by atoms with Crippen molar-refractivity contribution in [3.63, 3.8) is 0 Å². The molecule has 86 valence electrons. The molecule has 2 nitrogen and oxygen atoms in total. The van der Waals surface area contributed by atoms with Crippen LogP contribution >= 0.6 is 11.8 Å². The van der Waals surface area contributed by atoms with Crippen molar-refractivity contribution in [2.24, 2.45) is 5.41 Å². The molecule has 0 aromatic carbocycles. The Balaban J connectivity index is 1.97. The van der Waals surface area contributed by atoms with E-state index in [1.807, 2.05) is 0 Å². The lowest BCUT2D eigenvalue weighted by molar-refractivity contribution is -0.146. The number of hydrogen-bond acceptors (Lipinski definition) is 2. The fourth-order valence-electron chi connectivity index (χ4n) is 3.25. The molecule has 1 spiro atoms. The first-order chi connectivity index (χ1) is 7.13. The third kappa shape index (κ3) is 1.91. The van der Waals surface area contributed by atoms with E-state index in [4.69, 9.17) is 0 Å². The quantitative estimate of drug-likeness (QED) is 0.802. The van der Waals surface area contributed by atoms with Crippen LogP contribution in [0.4, 0.5) is 0 Å². The van der Waals surface area contributed by atoms with Gasteiger partial charge in [-0.05, 0) is 43.3 Å². The Morgan fingerprint density at radius 1 is 1.33 bits per heavy atom. The molecular formula is C12H20O2S. The summed E-state index contributed by atoms with van der Waals surface area (Å²) < 4.78 is -0.416. The van der Waals surface area contributed by atoms with E-state index in [9.17, 15) is 9.90 Å². The molecule has 2 aliphatic rings. The maximum atomic E-state index is 11.3. The molecule has 0 amide bonds. The highest BCUT2D eigenvalue weighted by molar-refractivity contribution is 8.01. The van der Waals surface area contributed by atoms with Gasteiger partial charge in [0.05, 0.1) is 0 Å². The molecule has 2 saturated carbocycles. The van der Waals surface area contributed by atoms with Crippen LogP contribution in [0.5, 0.6) is 0 Å². The molecule has 15 heavy (non-hydrogen) atoms. The molecule has 0 bridgehead atoms. The number of carboxylic acid groups (broad SMARTS) is 1. The van der Waals surface area contributed by atoms with Gasteiger partial charge in [-0.2, -0.15) is 0 Å². The van der Waals surface area contributed by atoms with Gasteiger partial charge in [-0.25, -0.2) is 0 Å². The van der Waals surface area contributed by atoms with Crippen molar-refractivity contribution in [3.05, 3.63) is 0 Å². The predicted octanol–water partition coefficient (Wildman–Crippen LogP) is 3.31. The van der Waals surface area contributed by atoms with E-state index >= 15 is 0 Å². The Kier molecular flexibility index (Phi) is 3.02. The summed E-state index contributed by atoms with van der Waals surface area (Å²) in [5, 5.41) is 9.33. The van der Waals surface area contributed by atoms with Crippen LogP contribution in [0.15, 0.2) is 0 Å². The van der Waals surface area contributed by atoms with Crippen molar-refractivity contribution in [1.29, 1.82) is 0 Å². The van der Waals surface area contributed by atoms with Gasteiger partial charge in [0, 0.05) is 0 Å². The van der Waals surface area contributed by atoms with Crippen LogP contribution in [0.2, 0.25) is 0 Å². The number of hydrogen-bond donors (Lipinski definition) is 1. The Morgan fingerprint density at radius 3 is 2.40 bits per heavy atom. The summed E-state index contributed by atoms with van der Waals surface area (Å²) in [4.78, 5) is 11.3. The smallest absolute Gasteiger partial charge is 0.319 e. The van der Waals surface area contributed by atoms with Crippen LogP contribution in [-0.4, -0.2) is 21.6 Å². The third-order valence-electron chi connectivity index (χ3n) is 3.96.